The molecule has 0 spiro atoms. The van der Waals surface area contributed by atoms with Crippen LogP contribution in [0.15, 0.2) is 72.1 Å². The molecule has 1 aromatic heterocycles. The largest absolute Gasteiger partial charge is 0.371 e. The highest BCUT2D eigenvalue weighted by molar-refractivity contribution is 7.10. The zero-order valence-electron chi connectivity index (χ0n) is 17.3. The summed E-state index contributed by atoms with van der Waals surface area (Å²) in [4.78, 5) is 16.2. The van der Waals surface area contributed by atoms with Gasteiger partial charge in [-0.1, -0.05) is 36.4 Å². The molecule has 2 amide bonds. The van der Waals surface area contributed by atoms with E-state index in [1.807, 2.05) is 53.9 Å². The first-order chi connectivity index (χ1) is 15.2. The Morgan fingerprint density at radius 3 is 2.45 bits per heavy atom. The Balaban J connectivity index is 1.31. The number of nitriles is 1. The van der Waals surface area contributed by atoms with Crippen molar-refractivity contribution in [2.24, 2.45) is 0 Å². The van der Waals surface area contributed by atoms with E-state index in [0.717, 1.165) is 42.9 Å². The molecule has 0 aliphatic carbocycles. The molecule has 1 aliphatic heterocycles. The van der Waals surface area contributed by atoms with Crippen LogP contribution in [-0.2, 0) is 6.42 Å². The SMILES string of the molecule is N#Cc1ccc(N2CCC(NC(=O)NC(Cc3ccccc3)c3cccs3)CC2)cc1. The molecule has 6 heteroatoms. The molecule has 1 fully saturated rings. The topological polar surface area (TPSA) is 68.2 Å². The van der Waals surface area contributed by atoms with E-state index in [0.29, 0.717) is 5.56 Å². The normalized spacial score (nSPS) is 15.1. The van der Waals surface area contributed by atoms with Gasteiger partial charge in [-0.15, -0.1) is 11.3 Å². The van der Waals surface area contributed by atoms with Crippen LogP contribution in [-0.4, -0.2) is 25.2 Å². The third kappa shape index (κ3) is 5.65. The molecule has 0 saturated carbocycles. The van der Waals surface area contributed by atoms with Crippen molar-refractivity contribution < 1.29 is 4.79 Å². The minimum Gasteiger partial charge on any atom is -0.371 e. The van der Waals surface area contributed by atoms with Gasteiger partial charge >= 0.3 is 6.03 Å². The molecule has 1 unspecified atom stereocenters. The Labute approximate surface area is 187 Å². The van der Waals surface area contributed by atoms with Crippen LogP contribution in [0.4, 0.5) is 10.5 Å². The summed E-state index contributed by atoms with van der Waals surface area (Å²) in [6, 6.07) is 24.2. The second kappa shape index (κ2) is 10.1. The summed E-state index contributed by atoms with van der Waals surface area (Å²) in [7, 11) is 0. The van der Waals surface area contributed by atoms with E-state index in [1.165, 1.54) is 5.56 Å². The molecule has 2 aromatic carbocycles. The van der Waals surface area contributed by atoms with Crippen molar-refractivity contribution in [2.45, 2.75) is 31.3 Å². The molecule has 1 aliphatic rings. The molecular formula is C25H26N4OS. The molecular weight excluding hydrogens is 404 g/mol. The Hall–Kier alpha value is -3.30. The van der Waals surface area contributed by atoms with Gasteiger partial charge in [0.05, 0.1) is 17.7 Å². The first kappa shape index (κ1) is 21.0. The van der Waals surface area contributed by atoms with Crippen molar-refractivity contribution >= 4 is 23.1 Å². The summed E-state index contributed by atoms with van der Waals surface area (Å²) in [5.41, 5.74) is 3.01. The van der Waals surface area contributed by atoms with Gasteiger partial charge in [-0.05, 0) is 60.5 Å². The Kier molecular flexibility index (Phi) is 6.85. The van der Waals surface area contributed by atoms with Gasteiger partial charge in [-0.3, -0.25) is 0 Å². The zero-order valence-corrected chi connectivity index (χ0v) is 18.1. The molecule has 2 N–H and O–H groups in total. The van der Waals surface area contributed by atoms with Crippen molar-refractivity contribution in [1.29, 1.82) is 5.26 Å². The second-order valence-corrected chi connectivity index (χ2v) is 8.77. The molecule has 0 radical (unpaired) electrons. The zero-order chi connectivity index (χ0) is 21.5. The number of hydrogen-bond acceptors (Lipinski definition) is 4. The lowest BCUT2D eigenvalue weighted by atomic mass is 10.0. The summed E-state index contributed by atoms with van der Waals surface area (Å²) in [6.07, 6.45) is 2.57. The minimum absolute atomic E-state index is 0.0406. The highest BCUT2D eigenvalue weighted by Crippen LogP contribution is 2.24. The van der Waals surface area contributed by atoms with E-state index in [2.05, 4.69) is 39.8 Å². The third-order valence-electron chi connectivity index (χ3n) is 5.67. The van der Waals surface area contributed by atoms with E-state index in [9.17, 15) is 4.79 Å². The standard InChI is InChI=1S/C25H26N4OS/c26-18-20-8-10-22(11-9-20)29-14-12-21(13-15-29)27-25(30)28-23(24-7-4-16-31-24)17-19-5-2-1-3-6-19/h1-11,16,21,23H,12-15,17H2,(H2,27,28,30). The van der Waals surface area contributed by atoms with Crippen molar-refractivity contribution in [3.8, 4) is 6.07 Å². The minimum atomic E-state index is -0.105. The second-order valence-electron chi connectivity index (χ2n) is 7.80. The van der Waals surface area contributed by atoms with Crippen LogP contribution < -0.4 is 15.5 Å². The first-order valence-electron chi connectivity index (χ1n) is 10.6. The number of nitrogens with zero attached hydrogens (tertiary/aromatic N) is 2. The molecule has 1 saturated heterocycles. The Bertz CT molecular complexity index is 1000. The van der Waals surface area contributed by atoms with Crippen molar-refractivity contribution in [3.63, 3.8) is 0 Å². The third-order valence-corrected chi connectivity index (χ3v) is 6.65. The van der Waals surface area contributed by atoms with Crippen molar-refractivity contribution in [2.75, 3.05) is 18.0 Å². The number of amides is 2. The number of piperidine rings is 1. The van der Waals surface area contributed by atoms with Crippen LogP contribution in [0.3, 0.4) is 0 Å². The monoisotopic (exact) mass is 430 g/mol. The predicted octanol–water partition coefficient (Wildman–Crippen LogP) is 4.87. The quantitative estimate of drug-likeness (QED) is 0.586. The molecule has 2 heterocycles. The van der Waals surface area contributed by atoms with Crippen LogP contribution in [0, 0.1) is 11.3 Å². The van der Waals surface area contributed by atoms with Gasteiger partial charge in [0.2, 0.25) is 0 Å². The fraction of sp³-hybridized carbons (Fsp3) is 0.280. The van der Waals surface area contributed by atoms with E-state index in [4.69, 9.17) is 5.26 Å². The van der Waals surface area contributed by atoms with Gasteiger partial charge in [0.1, 0.15) is 0 Å². The van der Waals surface area contributed by atoms with Crippen molar-refractivity contribution in [3.05, 3.63) is 88.1 Å². The molecule has 0 bridgehead atoms. The summed E-state index contributed by atoms with van der Waals surface area (Å²) >= 11 is 1.67. The average molecular weight is 431 g/mol. The van der Waals surface area contributed by atoms with Gasteiger partial charge < -0.3 is 15.5 Å². The number of rotatable bonds is 6. The fourth-order valence-corrected chi connectivity index (χ4v) is 4.75. The van der Waals surface area contributed by atoms with Crippen LogP contribution in [0.2, 0.25) is 0 Å². The molecule has 5 nitrogen and oxygen atoms in total. The smallest absolute Gasteiger partial charge is 0.315 e. The molecule has 31 heavy (non-hydrogen) atoms. The number of nitrogens with one attached hydrogen (secondary N) is 2. The molecule has 1 atom stereocenters. The number of hydrogen-bond donors (Lipinski definition) is 2. The van der Waals surface area contributed by atoms with Gasteiger partial charge in [-0.25, -0.2) is 4.79 Å². The number of urea groups is 1. The van der Waals surface area contributed by atoms with Gasteiger partial charge in [-0.2, -0.15) is 5.26 Å². The first-order valence-corrected chi connectivity index (χ1v) is 11.5. The number of benzene rings is 2. The highest BCUT2D eigenvalue weighted by Gasteiger charge is 2.23. The summed E-state index contributed by atoms with van der Waals surface area (Å²) in [5, 5.41) is 17.4. The summed E-state index contributed by atoms with van der Waals surface area (Å²) in [6.45, 7) is 1.77. The van der Waals surface area contributed by atoms with Crippen molar-refractivity contribution in [1.82, 2.24) is 10.6 Å². The van der Waals surface area contributed by atoms with E-state index in [-0.39, 0.29) is 18.1 Å². The maximum Gasteiger partial charge on any atom is 0.315 e. The lowest BCUT2D eigenvalue weighted by Crippen LogP contribution is -2.48. The fourth-order valence-electron chi connectivity index (χ4n) is 3.98. The highest BCUT2D eigenvalue weighted by atomic mass is 32.1. The average Bonchev–Trinajstić information content (AvgIpc) is 3.35. The molecule has 4 rings (SSSR count). The van der Waals surface area contributed by atoms with Gasteiger partial charge in [0.15, 0.2) is 0 Å². The molecule has 3 aromatic rings. The summed E-state index contributed by atoms with van der Waals surface area (Å²) < 4.78 is 0. The van der Waals surface area contributed by atoms with Crippen LogP contribution in [0.1, 0.15) is 34.9 Å². The predicted molar refractivity (Wildman–Crippen MR) is 125 cm³/mol. The van der Waals surface area contributed by atoms with Crippen LogP contribution in [0.25, 0.3) is 0 Å². The Morgan fingerprint density at radius 2 is 1.81 bits per heavy atom. The lowest BCUT2D eigenvalue weighted by molar-refractivity contribution is 0.230. The van der Waals surface area contributed by atoms with Crippen LogP contribution in [0.5, 0.6) is 0 Å². The van der Waals surface area contributed by atoms with Crippen LogP contribution >= 0.6 is 11.3 Å². The maximum absolute atomic E-state index is 12.8. The molecule has 158 valence electrons. The Morgan fingerprint density at radius 1 is 1.06 bits per heavy atom. The van der Waals surface area contributed by atoms with E-state index < -0.39 is 0 Å². The van der Waals surface area contributed by atoms with Gasteiger partial charge in [0.25, 0.3) is 0 Å². The number of carbonyl (C=O) groups excluding carboxylic acids is 1. The van der Waals surface area contributed by atoms with E-state index in [1.54, 1.807) is 11.3 Å². The number of thiophene rings is 1. The number of anilines is 1. The maximum atomic E-state index is 12.8. The lowest BCUT2D eigenvalue weighted by Gasteiger charge is -2.34. The summed E-state index contributed by atoms with van der Waals surface area (Å²) in [5.74, 6) is 0. The van der Waals surface area contributed by atoms with E-state index >= 15 is 0 Å². The van der Waals surface area contributed by atoms with Gasteiger partial charge in [0, 0.05) is 29.7 Å². The number of carbonyl (C=O) groups is 1.